The molecule has 3 nitrogen and oxygen atoms in total. The van der Waals surface area contributed by atoms with E-state index in [1.807, 2.05) is 7.05 Å². The molecule has 0 bridgehead atoms. The quantitative estimate of drug-likeness (QED) is 0.692. The molecule has 1 atom stereocenters. The Morgan fingerprint density at radius 3 is 2.35 bits per heavy atom. The smallest absolute Gasteiger partial charge is 0.317 e. The summed E-state index contributed by atoms with van der Waals surface area (Å²) in [5.41, 5.74) is 0. The van der Waals surface area contributed by atoms with E-state index in [-0.39, 0.29) is 12.1 Å². The Morgan fingerprint density at radius 1 is 1.18 bits per heavy atom. The lowest BCUT2D eigenvalue weighted by Crippen LogP contribution is -2.42. The molecule has 1 unspecified atom stereocenters. The predicted molar refractivity (Wildman–Crippen MR) is 74.2 cm³/mol. The van der Waals surface area contributed by atoms with Crippen LogP contribution in [0.1, 0.15) is 59.8 Å². The van der Waals surface area contributed by atoms with Gasteiger partial charge in [0.1, 0.15) is 0 Å². The van der Waals surface area contributed by atoms with Gasteiger partial charge in [0.15, 0.2) is 0 Å². The van der Waals surface area contributed by atoms with Gasteiger partial charge in [0.05, 0.1) is 0 Å². The molecule has 0 fully saturated rings. The molecule has 1 N–H and O–H groups in total. The van der Waals surface area contributed by atoms with Crippen molar-refractivity contribution in [2.24, 2.45) is 5.92 Å². The Morgan fingerprint density at radius 2 is 1.82 bits per heavy atom. The zero-order chi connectivity index (χ0) is 13.3. The van der Waals surface area contributed by atoms with Crippen LogP contribution < -0.4 is 5.32 Å². The highest BCUT2D eigenvalue weighted by atomic mass is 16.2. The van der Waals surface area contributed by atoms with E-state index >= 15 is 0 Å². The molecule has 102 valence electrons. The number of carbonyl (C=O) groups excluding carboxylic acids is 1. The van der Waals surface area contributed by atoms with Gasteiger partial charge in [-0.25, -0.2) is 4.79 Å². The fraction of sp³-hybridized carbons (Fsp3) is 0.929. The van der Waals surface area contributed by atoms with Gasteiger partial charge in [-0.3, -0.25) is 0 Å². The second-order valence-corrected chi connectivity index (χ2v) is 5.45. The molecule has 0 rings (SSSR count). The van der Waals surface area contributed by atoms with E-state index < -0.39 is 0 Å². The number of unbranched alkanes of at least 4 members (excludes halogenated alkanes) is 1. The van der Waals surface area contributed by atoms with Crippen LogP contribution in [0.4, 0.5) is 4.79 Å². The number of carbonyl (C=O) groups is 1. The van der Waals surface area contributed by atoms with Crippen LogP contribution in [0, 0.1) is 5.92 Å². The van der Waals surface area contributed by atoms with Crippen LogP contribution in [0.5, 0.6) is 0 Å². The summed E-state index contributed by atoms with van der Waals surface area (Å²) in [6.45, 7) is 9.55. The van der Waals surface area contributed by atoms with E-state index in [9.17, 15) is 4.79 Å². The molecule has 0 aliphatic carbocycles. The van der Waals surface area contributed by atoms with E-state index in [4.69, 9.17) is 0 Å². The molecule has 0 heterocycles. The van der Waals surface area contributed by atoms with E-state index in [0.717, 1.165) is 31.7 Å². The lowest BCUT2D eigenvalue weighted by Gasteiger charge is -2.21. The van der Waals surface area contributed by atoms with E-state index in [1.54, 1.807) is 4.90 Å². The van der Waals surface area contributed by atoms with Crippen molar-refractivity contribution in [3.63, 3.8) is 0 Å². The van der Waals surface area contributed by atoms with E-state index in [0.29, 0.717) is 0 Å². The molecule has 0 saturated heterocycles. The monoisotopic (exact) mass is 242 g/mol. The normalized spacial score (nSPS) is 12.6. The van der Waals surface area contributed by atoms with Gasteiger partial charge >= 0.3 is 6.03 Å². The van der Waals surface area contributed by atoms with Gasteiger partial charge in [-0.15, -0.1) is 0 Å². The molecule has 0 aromatic rings. The third-order valence-electron chi connectivity index (χ3n) is 2.98. The molecule has 0 aliphatic rings. The van der Waals surface area contributed by atoms with Crippen molar-refractivity contribution in [2.45, 2.75) is 65.8 Å². The van der Waals surface area contributed by atoms with Crippen LogP contribution in [0.3, 0.4) is 0 Å². The molecular formula is C14H30N2O. The maximum absolute atomic E-state index is 11.8. The van der Waals surface area contributed by atoms with Crippen molar-refractivity contribution >= 4 is 6.03 Å². The molecule has 3 heteroatoms. The zero-order valence-electron chi connectivity index (χ0n) is 12.3. The van der Waals surface area contributed by atoms with Crippen LogP contribution in [-0.4, -0.2) is 30.6 Å². The molecule has 0 spiro atoms. The number of nitrogens with one attached hydrogen (secondary N) is 1. The highest BCUT2D eigenvalue weighted by Gasteiger charge is 2.11. The summed E-state index contributed by atoms with van der Waals surface area (Å²) >= 11 is 0. The molecule has 0 aliphatic heterocycles. The lowest BCUT2D eigenvalue weighted by atomic mass is 10.0. The van der Waals surface area contributed by atoms with Crippen molar-refractivity contribution in [2.75, 3.05) is 13.6 Å². The van der Waals surface area contributed by atoms with Gasteiger partial charge in [-0.05, 0) is 25.7 Å². The molecule has 0 saturated carbocycles. The summed E-state index contributed by atoms with van der Waals surface area (Å²) in [5, 5.41) is 3.05. The number of hydrogen-bond donors (Lipinski definition) is 1. The fourth-order valence-electron chi connectivity index (χ4n) is 1.72. The first-order valence-corrected chi connectivity index (χ1v) is 6.99. The van der Waals surface area contributed by atoms with Gasteiger partial charge in [-0.1, -0.05) is 40.0 Å². The first-order chi connectivity index (χ1) is 7.97. The summed E-state index contributed by atoms with van der Waals surface area (Å²) < 4.78 is 0. The third kappa shape index (κ3) is 9.02. The standard InChI is InChI=1S/C14H30N2O/c1-6-7-11-16(5)14(17)15-13(4)10-8-9-12(2)3/h12-13H,6-11H2,1-5H3,(H,15,17). The number of nitrogens with zero attached hydrogens (tertiary/aromatic N) is 1. The largest absolute Gasteiger partial charge is 0.336 e. The first-order valence-electron chi connectivity index (χ1n) is 6.99. The average molecular weight is 242 g/mol. The van der Waals surface area contributed by atoms with Crippen LogP contribution in [-0.2, 0) is 0 Å². The number of rotatable bonds is 8. The molecule has 17 heavy (non-hydrogen) atoms. The zero-order valence-corrected chi connectivity index (χ0v) is 12.3. The van der Waals surface area contributed by atoms with Crippen LogP contribution in [0.2, 0.25) is 0 Å². The minimum atomic E-state index is 0.0653. The summed E-state index contributed by atoms with van der Waals surface area (Å²) in [7, 11) is 1.87. The molecule has 0 aromatic carbocycles. The topological polar surface area (TPSA) is 32.3 Å². The van der Waals surface area contributed by atoms with Crippen molar-refractivity contribution in [3.8, 4) is 0 Å². The Balaban J connectivity index is 3.71. The predicted octanol–water partition coefficient (Wildman–Crippen LogP) is 3.64. The lowest BCUT2D eigenvalue weighted by molar-refractivity contribution is 0.204. The maximum atomic E-state index is 11.8. The highest BCUT2D eigenvalue weighted by molar-refractivity contribution is 5.74. The van der Waals surface area contributed by atoms with Crippen molar-refractivity contribution < 1.29 is 4.79 Å². The fourth-order valence-corrected chi connectivity index (χ4v) is 1.72. The van der Waals surface area contributed by atoms with Crippen molar-refractivity contribution in [3.05, 3.63) is 0 Å². The van der Waals surface area contributed by atoms with Crippen molar-refractivity contribution in [1.29, 1.82) is 0 Å². The van der Waals surface area contributed by atoms with Gasteiger partial charge < -0.3 is 10.2 Å². The average Bonchev–Trinajstić information content (AvgIpc) is 2.25. The van der Waals surface area contributed by atoms with Crippen LogP contribution >= 0.6 is 0 Å². The summed E-state index contributed by atoms with van der Waals surface area (Å²) in [4.78, 5) is 13.6. The van der Waals surface area contributed by atoms with E-state index in [2.05, 4.69) is 33.0 Å². The van der Waals surface area contributed by atoms with Gasteiger partial charge in [0, 0.05) is 19.6 Å². The summed E-state index contributed by atoms with van der Waals surface area (Å²) in [6.07, 6.45) is 5.71. The Hall–Kier alpha value is -0.730. The SMILES string of the molecule is CCCCN(C)C(=O)NC(C)CCCC(C)C. The van der Waals surface area contributed by atoms with Gasteiger partial charge in [0.25, 0.3) is 0 Å². The Bertz CT molecular complexity index is 204. The third-order valence-corrected chi connectivity index (χ3v) is 2.98. The number of hydrogen-bond acceptors (Lipinski definition) is 1. The Kier molecular flexibility index (Phi) is 8.92. The number of urea groups is 1. The van der Waals surface area contributed by atoms with Crippen LogP contribution in [0.25, 0.3) is 0 Å². The molecule has 0 aromatic heterocycles. The maximum Gasteiger partial charge on any atom is 0.317 e. The molecular weight excluding hydrogens is 212 g/mol. The number of amides is 2. The first kappa shape index (κ1) is 16.3. The second-order valence-electron chi connectivity index (χ2n) is 5.45. The minimum Gasteiger partial charge on any atom is -0.336 e. The minimum absolute atomic E-state index is 0.0653. The second kappa shape index (κ2) is 9.32. The highest BCUT2D eigenvalue weighted by Crippen LogP contribution is 2.08. The van der Waals surface area contributed by atoms with Crippen molar-refractivity contribution in [1.82, 2.24) is 10.2 Å². The summed E-state index contributed by atoms with van der Waals surface area (Å²) in [5.74, 6) is 0.755. The summed E-state index contributed by atoms with van der Waals surface area (Å²) in [6, 6.07) is 0.348. The molecule has 2 amide bonds. The molecule has 0 radical (unpaired) electrons. The van der Waals surface area contributed by atoms with Gasteiger partial charge in [-0.2, -0.15) is 0 Å². The van der Waals surface area contributed by atoms with Crippen LogP contribution in [0.15, 0.2) is 0 Å². The Labute approximate surface area is 107 Å². The van der Waals surface area contributed by atoms with Gasteiger partial charge in [0.2, 0.25) is 0 Å². The van der Waals surface area contributed by atoms with E-state index in [1.165, 1.54) is 12.8 Å².